The minimum absolute atomic E-state index is 0.00877. The molecule has 2 aliphatic rings. The molecule has 0 aliphatic carbocycles. The van der Waals surface area contributed by atoms with Crippen molar-refractivity contribution in [3.8, 4) is 0 Å². The summed E-state index contributed by atoms with van der Waals surface area (Å²) < 4.78 is 0. The van der Waals surface area contributed by atoms with Gasteiger partial charge in [0.2, 0.25) is 11.7 Å². The summed E-state index contributed by atoms with van der Waals surface area (Å²) >= 11 is 1.36. The lowest BCUT2D eigenvalue weighted by Gasteiger charge is -2.30. The topological polar surface area (TPSA) is 53.5 Å². The van der Waals surface area contributed by atoms with Gasteiger partial charge >= 0.3 is 0 Å². The third-order valence-corrected chi connectivity index (χ3v) is 6.67. The van der Waals surface area contributed by atoms with E-state index in [0.29, 0.717) is 11.6 Å². The molecule has 148 valence electrons. The van der Waals surface area contributed by atoms with E-state index >= 15 is 0 Å². The first-order chi connectivity index (χ1) is 13.7. The number of nitrogens with zero attached hydrogens (tertiary/aromatic N) is 3. The van der Waals surface area contributed by atoms with Crippen LogP contribution in [0, 0.1) is 0 Å². The molecule has 2 atom stereocenters. The summed E-state index contributed by atoms with van der Waals surface area (Å²) in [7, 11) is 0. The Balaban J connectivity index is 1.36. The van der Waals surface area contributed by atoms with Crippen molar-refractivity contribution in [3.05, 3.63) is 52.5 Å². The van der Waals surface area contributed by atoms with Crippen molar-refractivity contribution in [3.63, 3.8) is 0 Å². The van der Waals surface area contributed by atoms with Crippen molar-refractivity contribution in [1.82, 2.24) is 14.8 Å². The van der Waals surface area contributed by atoms with Crippen LogP contribution in [0.15, 0.2) is 41.9 Å². The van der Waals surface area contributed by atoms with Crippen LogP contribution in [0.2, 0.25) is 0 Å². The van der Waals surface area contributed by atoms with Crippen LogP contribution in [0.4, 0.5) is 0 Å². The summed E-state index contributed by atoms with van der Waals surface area (Å²) in [4.78, 5) is 34.4. The molecule has 2 aromatic rings. The number of aromatic nitrogens is 1. The summed E-state index contributed by atoms with van der Waals surface area (Å²) in [6.07, 6.45) is 7.35. The van der Waals surface area contributed by atoms with E-state index in [9.17, 15) is 9.59 Å². The van der Waals surface area contributed by atoms with Gasteiger partial charge in [0.05, 0.1) is 12.1 Å². The van der Waals surface area contributed by atoms with Crippen molar-refractivity contribution in [2.45, 2.75) is 50.6 Å². The fourth-order valence-corrected chi connectivity index (χ4v) is 5.11. The van der Waals surface area contributed by atoms with Gasteiger partial charge in [-0.2, -0.15) is 0 Å². The third kappa shape index (κ3) is 4.18. The molecular formula is C22H27N3O2S. The average molecular weight is 398 g/mol. The third-order valence-electron chi connectivity index (χ3n) is 5.88. The fraction of sp³-hybridized carbons (Fsp3) is 0.500. The Labute approximate surface area is 170 Å². The lowest BCUT2D eigenvalue weighted by atomic mass is 10.1. The number of carbonyl (C=O) groups is 2. The number of Topliss-reactive ketones (excluding diaryl/α,β-unsaturated/α-hetero) is 1. The Morgan fingerprint density at radius 2 is 1.86 bits per heavy atom. The first kappa shape index (κ1) is 19.3. The highest BCUT2D eigenvalue weighted by Gasteiger charge is 2.41. The second-order valence-electron chi connectivity index (χ2n) is 7.67. The number of hydrogen-bond donors (Lipinski definition) is 0. The molecule has 28 heavy (non-hydrogen) atoms. The number of benzene rings is 1. The highest BCUT2D eigenvalue weighted by molar-refractivity contribution is 7.11. The van der Waals surface area contributed by atoms with Crippen LogP contribution in [-0.2, 0) is 11.2 Å². The van der Waals surface area contributed by atoms with E-state index in [4.69, 9.17) is 0 Å². The largest absolute Gasteiger partial charge is 0.331 e. The number of rotatable bonds is 7. The van der Waals surface area contributed by atoms with E-state index in [2.05, 4.69) is 34.1 Å². The smallest absolute Gasteiger partial charge is 0.240 e. The average Bonchev–Trinajstić information content (AvgIpc) is 3.49. The van der Waals surface area contributed by atoms with Gasteiger partial charge in [-0.25, -0.2) is 4.98 Å². The van der Waals surface area contributed by atoms with E-state index in [1.165, 1.54) is 16.9 Å². The van der Waals surface area contributed by atoms with Crippen LogP contribution in [0.5, 0.6) is 0 Å². The molecule has 2 saturated heterocycles. The lowest BCUT2D eigenvalue weighted by molar-refractivity contribution is -0.136. The van der Waals surface area contributed by atoms with Gasteiger partial charge in [-0.1, -0.05) is 30.3 Å². The van der Waals surface area contributed by atoms with E-state index in [-0.39, 0.29) is 23.8 Å². The van der Waals surface area contributed by atoms with Gasteiger partial charge in [-0.05, 0) is 57.2 Å². The number of carbonyl (C=O) groups excluding carboxylic acids is 2. The molecule has 1 aromatic carbocycles. The minimum Gasteiger partial charge on any atom is -0.331 e. The zero-order valence-electron chi connectivity index (χ0n) is 16.1. The molecular weight excluding hydrogens is 370 g/mol. The predicted octanol–water partition coefficient (Wildman–Crippen LogP) is 3.41. The van der Waals surface area contributed by atoms with E-state index in [1.54, 1.807) is 6.20 Å². The Morgan fingerprint density at radius 1 is 1.07 bits per heavy atom. The normalized spacial score (nSPS) is 22.6. The van der Waals surface area contributed by atoms with Gasteiger partial charge in [0.15, 0.2) is 5.01 Å². The zero-order valence-corrected chi connectivity index (χ0v) is 16.9. The van der Waals surface area contributed by atoms with E-state index in [0.717, 1.165) is 51.6 Å². The first-order valence-corrected chi connectivity index (χ1v) is 11.1. The minimum atomic E-state index is -0.328. The number of hydrogen-bond acceptors (Lipinski definition) is 5. The molecule has 0 radical (unpaired) electrons. The number of amides is 1. The van der Waals surface area contributed by atoms with Gasteiger partial charge in [0.1, 0.15) is 0 Å². The Kier molecular flexibility index (Phi) is 6.17. The van der Waals surface area contributed by atoms with Gasteiger partial charge in [0.25, 0.3) is 0 Å². The number of aryl methyl sites for hydroxylation is 1. The molecule has 0 saturated carbocycles. The second kappa shape index (κ2) is 8.97. The highest BCUT2D eigenvalue weighted by atomic mass is 32.1. The predicted molar refractivity (Wildman–Crippen MR) is 111 cm³/mol. The van der Waals surface area contributed by atoms with Crippen molar-refractivity contribution >= 4 is 23.0 Å². The Morgan fingerprint density at radius 3 is 2.64 bits per heavy atom. The van der Waals surface area contributed by atoms with E-state index < -0.39 is 0 Å². The van der Waals surface area contributed by atoms with Crippen LogP contribution in [0.1, 0.15) is 47.5 Å². The van der Waals surface area contributed by atoms with Crippen molar-refractivity contribution < 1.29 is 9.59 Å². The zero-order chi connectivity index (χ0) is 19.3. The molecule has 0 N–H and O–H groups in total. The molecule has 1 amide bonds. The molecule has 1 aromatic heterocycles. The van der Waals surface area contributed by atoms with Crippen molar-refractivity contribution in [2.75, 3.05) is 19.6 Å². The maximum absolute atomic E-state index is 13.3. The SMILES string of the molecule is O=C(c1nccs1)[C@@H]1CCCN1C(=O)[C@@H]1CCCN1CCCc1ccccc1. The van der Waals surface area contributed by atoms with Crippen LogP contribution in [-0.4, -0.2) is 58.2 Å². The van der Waals surface area contributed by atoms with Crippen molar-refractivity contribution in [2.24, 2.45) is 0 Å². The van der Waals surface area contributed by atoms with Gasteiger partial charge in [-0.15, -0.1) is 11.3 Å². The highest BCUT2D eigenvalue weighted by Crippen LogP contribution is 2.27. The number of likely N-dealkylation sites (tertiary alicyclic amines) is 2. The van der Waals surface area contributed by atoms with Crippen LogP contribution in [0.3, 0.4) is 0 Å². The molecule has 3 heterocycles. The molecule has 0 unspecified atom stereocenters. The first-order valence-electron chi connectivity index (χ1n) is 10.3. The molecule has 0 bridgehead atoms. The van der Waals surface area contributed by atoms with Crippen LogP contribution in [0.25, 0.3) is 0 Å². The van der Waals surface area contributed by atoms with Gasteiger partial charge < -0.3 is 4.90 Å². The Bertz CT molecular complexity index is 793. The van der Waals surface area contributed by atoms with Crippen LogP contribution >= 0.6 is 11.3 Å². The molecule has 4 rings (SSSR count). The fourth-order valence-electron chi connectivity index (χ4n) is 4.49. The molecule has 2 aliphatic heterocycles. The summed E-state index contributed by atoms with van der Waals surface area (Å²) in [5.74, 6) is 0.152. The molecule has 2 fully saturated rings. The maximum atomic E-state index is 13.3. The summed E-state index contributed by atoms with van der Waals surface area (Å²) in [5, 5.41) is 2.34. The number of thiazole rings is 1. The molecule has 5 nitrogen and oxygen atoms in total. The second-order valence-corrected chi connectivity index (χ2v) is 8.57. The van der Waals surface area contributed by atoms with Crippen LogP contribution < -0.4 is 0 Å². The molecule has 6 heteroatoms. The summed E-state index contributed by atoms with van der Waals surface area (Å²) in [6, 6.07) is 10.1. The maximum Gasteiger partial charge on any atom is 0.240 e. The van der Waals surface area contributed by atoms with Crippen molar-refractivity contribution in [1.29, 1.82) is 0 Å². The number of ketones is 1. The quantitative estimate of drug-likeness (QED) is 0.672. The van der Waals surface area contributed by atoms with Gasteiger partial charge in [0, 0.05) is 18.1 Å². The Hall–Kier alpha value is -2.05. The van der Waals surface area contributed by atoms with E-state index in [1.807, 2.05) is 16.3 Å². The standard InChI is InChI=1S/C22H27N3O2S/c26-20(21-23-12-16-28-21)18-10-6-15-25(18)22(27)19-11-5-14-24(19)13-4-9-17-7-2-1-3-8-17/h1-3,7-8,12,16,18-19H,4-6,9-11,13-15H2/t18-,19-/m0/s1. The molecule has 0 spiro atoms. The van der Waals surface area contributed by atoms with Gasteiger partial charge in [-0.3, -0.25) is 14.5 Å². The summed E-state index contributed by atoms with van der Waals surface area (Å²) in [5.41, 5.74) is 1.35. The lowest BCUT2D eigenvalue weighted by Crippen LogP contribution is -2.49. The monoisotopic (exact) mass is 397 g/mol. The summed E-state index contributed by atoms with van der Waals surface area (Å²) in [6.45, 7) is 2.60.